The molecule has 110 valence electrons. The van der Waals surface area contributed by atoms with Crippen molar-refractivity contribution in [1.82, 2.24) is 15.0 Å². The highest BCUT2D eigenvalue weighted by molar-refractivity contribution is 7.13. The standard InChI is InChI=1S/C14H21N3O2S/c1-14(2,10-18)17(3)8-4-7-12-15-13(16-19-12)11-6-5-9-20-11/h5-6,9,18H,4,7-8,10H2,1-3H3. The van der Waals surface area contributed by atoms with E-state index in [9.17, 15) is 5.11 Å². The summed E-state index contributed by atoms with van der Waals surface area (Å²) in [7, 11) is 2.01. The van der Waals surface area contributed by atoms with Crippen LogP contribution in [0.2, 0.25) is 0 Å². The third-order valence-electron chi connectivity index (χ3n) is 3.51. The SMILES string of the molecule is CN(CCCc1nc(-c2cccs2)no1)C(C)(C)CO. The normalized spacial score (nSPS) is 12.2. The first-order valence-corrected chi connectivity index (χ1v) is 7.59. The average Bonchev–Trinajstić information content (AvgIpc) is 3.09. The van der Waals surface area contributed by atoms with E-state index in [1.54, 1.807) is 11.3 Å². The van der Waals surface area contributed by atoms with Crippen LogP contribution < -0.4 is 0 Å². The quantitative estimate of drug-likeness (QED) is 0.850. The van der Waals surface area contributed by atoms with E-state index >= 15 is 0 Å². The minimum absolute atomic E-state index is 0.145. The molecule has 0 aliphatic heterocycles. The van der Waals surface area contributed by atoms with Gasteiger partial charge in [-0.05, 0) is 45.3 Å². The van der Waals surface area contributed by atoms with E-state index in [1.807, 2.05) is 38.4 Å². The molecule has 6 heteroatoms. The molecule has 0 atom stereocenters. The molecule has 0 spiro atoms. The first kappa shape index (κ1) is 15.2. The van der Waals surface area contributed by atoms with Gasteiger partial charge in [-0.25, -0.2) is 0 Å². The van der Waals surface area contributed by atoms with E-state index in [0.717, 1.165) is 24.3 Å². The van der Waals surface area contributed by atoms with Crippen LogP contribution in [0.3, 0.4) is 0 Å². The summed E-state index contributed by atoms with van der Waals surface area (Å²) in [5.41, 5.74) is -0.197. The van der Waals surface area contributed by atoms with Crippen molar-refractivity contribution in [3.63, 3.8) is 0 Å². The van der Waals surface area contributed by atoms with E-state index in [-0.39, 0.29) is 12.1 Å². The predicted molar refractivity (Wildman–Crippen MR) is 79.7 cm³/mol. The molecule has 20 heavy (non-hydrogen) atoms. The van der Waals surface area contributed by atoms with E-state index < -0.39 is 0 Å². The minimum atomic E-state index is -0.197. The number of hydrogen-bond donors (Lipinski definition) is 1. The van der Waals surface area contributed by atoms with Crippen molar-refractivity contribution in [1.29, 1.82) is 0 Å². The van der Waals surface area contributed by atoms with Gasteiger partial charge >= 0.3 is 0 Å². The summed E-state index contributed by atoms with van der Waals surface area (Å²) in [6.45, 7) is 5.07. The lowest BCUT2D eigenvalue weighted by molar-refractivity contribution is 0.0778. The molecule has 1 N–H and O–H groups in total. The van der Waals surface area contributed by atoms with Gasteiger partial charge in [0, 0.05) is 12.0 Å². The van der Waals surface area contributed by atoms with Crippen molar-refractivity contribution in [2.24, 2.45) is 0 Å². The molecule has 2 aromatic rings. The lowest BCUT2D eigenvalue weighted by Gasteiger charge is -2.33. The fourth-order valence-corrected chi connectivity index (χ4v) is 2.40. The number of nitrogens with zero attached hydrogens (tertiary/aromatic N) is 3. The topological polar surface area (TPSA) is 62.4 Å². The van der Waals surface area contributed by atoms with Gasteiger partial charge in [0.1, 0.15) is 0 Å². The maximum Gasteiger partial charge on any atom is 0.227 e. The molecule has 0 aliphatic carbocycles. The smallest absolute Gasteiger partial charge is 0.227 e. The van der Waals surface area contributed by atoms with Gasteiger partial charge < -0.3 is 9.63 Å². The van der Waals surface area contributed by atoms with Crippen LogP contribution in [0.25, 0.3) is 10.7 Å². The van der Waals surface area contributed by atoms with Crippen molar-refractivity contribution in [2.45, 2.75) is 32.2 Å². The van der Waals surface area contributed by atoms with Crippen LogP contribution in [0.1, 0.15) is 26.2 Å². The molecule has 0 unspecified atom stereocenters. The Kier molecular flexibility index (Phi) is 4.91. The van der Waals surface area contributed by atoms with Crippen molar-refractivity contribution in [3.8, 4) is 10.7 Å². The number of aromatic nitrogens is 2. The maximum atomic E-state index is 9.31. The molecule has 5 nitrogen and oxygen atoms in total. The number of thiophene rings is 1. The summed E-state index contributed by atoms with van der Waals surface area (Å²) < 4.78 is 5.26. The summed E-state index contributed by atoms with van der Waals surface area (Å²) >= 11 is 1.60. The summed E-state index contributed by atoms with van der Waals surface area (Å²) in [6.07, 6.45) is 1.68. The van der Waals surface area contributed by atoms with E-state index in [4.69, 9.17) is 4.52 Å². The van der Waals surface area contributed by atoms with Gasteiger partial charge in [0.15, 0.2) is 0 Å². The zero-order valence-electron chi connectivity index (χ0n) is 12.2. The Balaban J connectivity index is 1.83. The van der Waals surface area contributed by atoms with Crippen LogP contribution in [-0.2, 0) is 6.42 Å². The fourth-order valence-electron chi connectivity index (χ4n) is 1.75. The zero-order chi connectivity index (χ0) is 14.6. The van der Waals surface area contributed by atoms with Crippen molar-refractivity contribution in [3.05, 3.63) is 23.4 Å². The van der Waals surface area contributed by atoms with Crippen molar-refractivity contribution in [2.75, 3.05) is 20.2 Å². The molecule has 0 saturated heterocycles. The number of aryl methyl sites for hydroxylation is 1. The number of likely N-dealkylation sites (N-methyl/N-ethyl adjacent to an activating group) is 1. The van der Waals surface area contributed by atoms with Gasteiger partial charge in [0.25, 0.3) is 0 Å². The molecule has 0 aliphatic rings. The highest BCUT2D eigenvalue weighted by Gasteiger charge is 2.21. The largest absolute Gasteiger partial charge is 0.394 e. The number of aliphatic hydroxyl groups is 1. The minimum Gasteiger partial charge on any atom is -0.394 e. The Bertz CT molecular complexity index is 522. The second-order valence-corrected chi connectivity index (χ2v) is 6.43. The highest BCUT2D eigenvalue weighted by Crippen LogP contribution is 2.21. The second-order valence-electron chi connectivity index (χ2n) is 5.48. The van der Waals surface area contributed by atoms with Crippen LogP contribution in [-0.4, -0.2) is 45.9 Å². The van der Waals surface area contributed by atoms with Gasteiger partial charge in [0.05, 0.1) is 11.5 Å². The van der Waals surface area contributed by atoms with Crippen LogP contribution in [0.4, 0.5) is 0 Å². The summed E-state index contributed by atoms with van der Waals surface area (Å²) in [4.78, 5) is 7.57. The number of rotatable bonds is 7. The van der Waals surface area contributed by atoms with Crippen LogP contribution >= 0.6 is 11.3 Å². The maximum absolute atomic E-state index is 9.31. The molecule has 2 aromatic heterocycles. The Hall–Kier alpha value is -1.24. The predicted octanol–water partition coefficient (Wildman–Crippen LogP) is 2.43. The van der Waals surface area contributed by atoms with Crippen molar-refractivity contribution >= 4 is 11.3 Å². The van der Waals surface area contributed by atoms with Crippen LogP contribution in [0.15, 0.2) is 22.0 Å². The molecule has 0 amide bonds. The summed E-state index contributed by atoms with van der Waals surface area (Å²) in [5, 5.41) is 15.3. The third kappa shape index (κ3) is 3.65. The van der Waals surface area contributed by atoms with E-state index in [2.05, 4.69) is 15.0 Å². The third-order valence-corrected chi connectivity index (χ3v) is 4.38. The second kappa shape index (κ2) is 6.47. The Labute approximate surface area is 123 Å². The molecule has 2 heterocycles. The van der Waals surface area contributed by atoms with Gasteiger partial charge in [-0.3, -0.25) is 4.90 Å². The Morgan fingerprint density at radius 1 is 1.45 bits per heavy atom. The molecular weight excluding hydrogens is 274 g/mol. The van der Waals surface area contributed by atoms with Gasteiger partial charge in [-0.1, -0.05) is 11.2 Å². The van der Waals surface area contributed by atoms with E-state index in [0.29, 0.717) is 11.7 Å². The monoisotopic (exact) mass is 295 g/mol. The van der Waals surface area contributed by atoms with E-state index in [1.165, 1.54) is 0 Å². The Morgan fingerprint density at radius 3 is 2.90 bits per heavy atom. The molecule has 0 fully saturated rings. The lowest BCUT2D eigenvalue weighted by Crippen LogP contribution is -2.44. The number of aliphatic hydroxyl groups excluding tert-OH is 1. The molecular formula is C14H21N3O2S. The highest BCUT2D eigenvalue weighted by atomic mass is 32.1. The average molecular weight is 295 g/mol. The van der Waals surface area contributed by atoms with Crippen LogP contribution in [0.5, 0.6) is 0 Å². The van der Waals surface area contributed by atoms with Gasteiger partial charge in [-0.2, -0.15) is 4.98 Å². The van der Waals surface area contributed by atoms with Gasteiger partial charge in [-0.15, -0.1) is 11.3 Å². The lowest BCUT2D eigenvalue weighted by atomic mass is 10.0. The first-order chi connectivity index (χ1) is 9.53. The Morgan fingerprint density at radius 2 is 2.25 bits per heavy atom. The molecule has 0 bridgehead atoms. The molecule has 0 saturated carbocycles. The first-order valence-electron chi connectivity index (χ1n) is 6.71. The molecule has 0 aromatic carbocycles. The molecule has 0 radical (unpaired) electrons. The summed E-state index contributed by atoms with van der Waals surface area (Å²) in [5.74, 6) is 1.34. The van der Waals surface area contributed by atoms with Gasteiger partial charge in [0.2, 0.25) is 11.7 Å². The molecule has 2 rings (SSSR count). The fraction of sp³-hybridized carbons (Fsp3) is 0.571. The van der Waals surface area contributed by atoms with Crippen molar-refractivity contribution < 1.29 is 9.63 Å². The number of hydrogen-bond acceptors (Lipinski definition) is 6. The summed E-state index contributed by atoms with van der Waals surface area (Å²) in [6, 6.07) is 3.96. The zero-order valence-corrected chi connectivity index (χ0v) is 13.0. The van der Waals surface area contributed by atoms with Crippen LogP contribution in [0, 0.1) is 0 Å².